The van der Waals surface area contributed by atoms with Crippen molar-refractivity contribution in [3.8, 4) is 5.75 Å². The molecular formula is C26H30FN5O4S. The number of methoxy groups -OCH3 is 1. The standard InChI is InChI=1S/C26H30FN5O4S/c1-15(2)12-13-30-25(34)22(16-8-10-18(27)11-9-16)32(14-17-6-4-5-7-19(17)36-3)26(35)23-20(28)21(24(29)33)31-37-23/h4-11,15,22H,12-14,28H2,1-3H3,(H2,29,33)(H,30,34)/t22-/m1/s1. The summed E-state index contributed by atoms with van der Waals surface area (Å²) in [4.78, 5) is 40.5. The van der Waals surface area contributed by atoms with E-state index < -0.39 is 29.6 Å². The molecule has 1 heterocycles. The van der Waals surface area contributed by atoms with E-state index in [1.54, 1.807) is 24.3 Å². The molecule has 3 aromatic rings. The number of anilines is 1. The number of primary amides is 1. The fraction of sp³-hybridized carbons (Fsp3) is 0.308. The van der Waals surface area contributed by atoms with Gasteiger partial charge in [0.25, 0.3) is 11.8 Å². The normalized spacial score (nSPS) is 11.7. The molecule has 0 saturated carbocycles. The highest BCUT2D eigenvalue weighted by Gasteiger charge is 2.35. The van der Waals surface area contributed by atoms with Gasteiger partial charge in [0.15, 0.2) is 5.69 Å². The van der Waals surface area contributed by atoms with Gasteiger partial charge in [-0.25, -0.2) is 4.39 Å². The van der Waals surface area contributed by atoms with Gasteiger partial charge in [0.1, 0.15) is 22.5 Å². The summed E-state index contributed by atoms with van der Waals surface area (Å²) in [5.74, 6) is -1.59. The number of nitrogens with two attached hydrogens (primary N) is 2. The minimum absolute atomic E-state index is 0.0363. The summed E-state index contributed by atoms with van der Waals surface area (Å²) in [6.07, 6.45) is 0.728. The van der Waals surface area contributed by atoms with Crippen molar-refractivity contribution in [1.82, 2.24) is 14.6 Å². The number of ether oxygens (including phenoxy) is 1. The molecule has 0 saturated heterocycles. The molecule has 1 aromatic heterocycles. The van der Waals surface area contributed by atoms with E-state index in [0.717, 1.165) is 18.0 Å². The van der Waals surface area contributed by atoms with Gasteiger partial charge in [-0.2, -0.15) is 4.37 Å². The van der Waals surface area contributed by atoms with Gasteiger partial charge in [0, 0.05) is 12.1 Å². The lowest BCUT2D eigenvalue weighted by atomic mass is 10.0. The van der Waals surface area contributed by atoms with Crippen LogP contribution in [0.4, 0.5) is 10.1 Å². The highest BCUT2D eigenvalue weighted by atomic mass is 32.1. The van der Waals surface area contributed by atoms with Crippen molar-refractivity contribution in [3.05, 3.63) is 76.0 Å². The number of hydrogen-bond donors (Lipinski definition) is 3. The predicted octanol–water partition coefficient (Wildman–Crippen LogP) is 3.52. The van der Waals surface area contributed by atoms with Crippen LogP contribution in [0, 0.1) is 11.7 Å². The van der Waals surface area contributed by atoms with Crippen LogP contribution in [0.3, 0.4) is 0 Å². The monoisotopic (exact) mass is 527 g/mol. The number of hydrogen-bond acceptors (Lipinski definition) is 7. The summed E-state index contributed by atoms with van der Waals surface area (Å²) in [5, 5.41) is 2.89. The number of nitrogen functional groups attached to an aromatic ring is 1. The quantitative estimate of drug-likeness (QED) is 0.349. The van der Waals surface area contributed by atoms with Crippen molar-refractivity contribution in [2.24, 2.45) is 11.7 Å². The molecule has 2 aromatic carbocycles. The van der Waals surface area contributed by atoms with E-state index in [-0.39, 0.29) is 22.8 Å². The molecule has 0 spiro atoms. The number of aromatic nitrogens is 1. The van der Waals surface area contributed by atoms with Crippen LogP contribution < -0.4 is 21.5 Å². The first kappa shape index (κ1) is 27.6. The van der Waals surface area contributed by atoms with Crippen molar-refractivity contribution in [2.75, 3.05) is 19.4 Å². The Kier molecular flexibility index (Phi) is 9.18. The molecular weight excluding hydrogens is 497 g/mol. The van der Waals surface area contributed by atoms with E-state index >= 15 is 0 Å². The fourth-order valence-electron chi connectivity index (χ4n) is 3.76. The summed E-state index contributed by atoms with van der Waals surface area (Å²) in [5.41, 5.74) is 12.0. The lowest BCUT2D eigenvalue weighted by Crippen LogP contribution is -2.43. The zero-order valence-electron chi connectivity index (χ0n) is 20.9. The van der Waals surface area contributed by atoms with Crippen LogP contribution in [0.5, 0.6) is 5.75 Å². The topological polar surface area (TPSA) is 141 Å². The number of benzene rings is 2. The molecule has 0 radical (unpaired) electrons. The zero-order chi connectivity index (χ0) is 27.1. The van der Waals surface area contributed by atoms with Gasteiger partial charge in [0.2, 0.25) is 5.91 Å². The molecule has 0 aliphatic rings. The summed E-state index contributed by atoms with van der Waals surface area (Å²) in [6, 6.07) is 11.3. The number of nitrogens with one attached hydrogen (secondary N) is 1. The second kappa shape index (κ2) is 12.3. The lowest BCUT2D eigenvalue weighted by molar-refractivity contribution is -0.126. The Morgan fingerprint density at radius 2 is 1.81 bits per heavy atom. The molecule has 5 N–H and O–H groups in total. The van der Waals surface area contributed by atoms with E-state index in [1.165, 1.54) is 36.3 Å². The molecule has 196 valence electrons. The third-order valence-electron chi connectivity index (χ3n) is 5.72. The average molecular weight is 528 g/mol. The van der Waals surface area contributed by atoms with Crippen LogP contribution in [0.25, 0.3) is 0 Å². The number of para-hydroxylation sites is 1. The van der Waals surface area contributed by atoms with Crippen LogP contribution in [-0.4, -0.2) is 40.6 Å². The lowest BCUT2D eigenvalue weighted by Gasteiger charge is -2.32. The first-order chi connectivity index (χ1) is 17.6. The highest BCUT2D eigenvalue weighted by Crippen LogP contribution is 2.32. The third kappa shape index (κ3) is 6.62. The summed E-state index contributed by atoms with van der Waals surface area (Å²) in [6.45, 7) is 4.40. The number of halogens is 1. The Labute approximate surface area is 218 Å². The molecule has 0 unspecified atom stereocenters. The number of amides is 3. The van der Waals surface area contributed by atoms with Crippen molar-refractivity contribution in [3.63, 3.8) is 0 Å². The van der Waals surface area contributed by atoms with E-state index in [2.05, 4.69) is 9.69 Å². The van der Waals surface area contributed by atoms with E-state index in [0.29, 0.717) is 29.3 Å². The molecule has 0 fully saturated rings. The van der Waals surface area contributed by atoms with Crippen molar-refractivity contribution < 1.29 is 23.5 Å². The predicted molar refractivity (Wildman–Crippen MR) is 140 cm³/mol. The van der Waals surface area contributed by atoms with Crippen molar-refractivity contribution in [2.45, 2.75) is 32.9 Å². The molecule has 0 bridgehead atoms. The first-order valence-electron chi connectivity index (χ1n) is 11.6. The van der Waals surface area contributed by atoms with Crippen molar-refractivity contribution in [1.29, 1.82) is 0 Å². The molecule has 37 heavy (non-hydrogen) atoms. The van der Waals surface area contributed by atoms with Gasteiger partial charge in [-0.3, -0.25) is 14.4 Å². The van der Waals surface area contributed by atoms with E-state index in [1.807, 2.05) is 13.8 Å². The SMILES string of the molecule is COc1ccccc1CN(C(=O)c1snc(C(N)=O)c1N)[C@@H](C(=O)NCCC(C)C)c1ccc(F)cc1. The minimum atomic E-state index is -1.15. The molecule has 3 amide bonds. The van der Waals surface area contributed by atoms with Crippen LogP contribution >= 0.6 is 11.5 Å². The number of rotatable bonds is 11. The molecule has 0 aliphatic carbocycles. The smallest absolute Gasteiger partial charge is 0.270 e. The molecule has 9 nitrogen and oxygen atoms in total. The molecule has 1 atom stereocenters. The van der Waals surface area contributed by atoms with Crippen LogP contribution in [-0.2, 0) is 11.3 Å². The maximum atomic E-state index is 13.9. The minimum Gasteiger partial charge on any atom is -0.496 e. The van der Waals surface area contributed by atoms with Gasteiger partial charge in [-0.1, -0.05) is 44.2 Å². The Morgan fingerprint density at radius 1 is 1.14 bits per heavy atom. The number of carbonyl (C=O) groups is 3. The first-order valence-corrected chi connectivity index (χ1v) is 12.4. The van der Waals surface area contributed by atoms with Crippen LogP contribution in [0.15, 0.2) is 48.5 Å². The summed E-state index contributed by atoms with van der Waals surface area (Å²) >= 11 is 0.720. The Morgan fingerprint density at radius 3 is 2.41 bits per heavy atom. The molecule has 0 aliphatic heterocycles. The fourth-order valence-corrected chi connectivity index (χ4v) is 4.52. The van der Waals surface area contributed by atoms with Gasteiger partial charge < -0.3 is 26.4 Å². The number of nitrogens with zero attached hydrogens (tertiary/aromatic N) is 2. The number of carbonyl (C=O) groups excluding carboxylic acids is 3. The molecule has 11 heteroatoms. The largest absolute Gasteiger partial charge is 0.496 e. The summed E-state index contributed by atoms with van der Waals surface area (Å²) in [7, 11) is 1.50. The Balaban J connectivity index is 2.13. The van der Waals surface area contributed by atoms with E-state index in [4.69, 9.17) is 16.2 Å². The van der Waals surface area contributed by atoms with Gasteiger partial charge in [0.05, 0.1) is 19.3 Å². The highest BCUT2D eigenvalue weighted by molar-refractivity contribution is 7.09. The van der Waals surface area contributed by atoms with Gasteiger partial charge >= 0.3 is 0 Å². The Hall–Kier alpha value is -3.99. The van der Waals surface area contributed by atoms with Crippen molar-refractivity contribution >= 4 is 34.9 Å². The zero-order valence-corrected chi connectivity index (χ0v) is 21.7. The van der Waals surface area contributed by atoms with E-state index in [9.17, 15) is 18.8 Å². The van der Waals surface area contributed by atoms with Crippen LogP contribution in [0.2, 0.25) is 0 Å². The maximum absolute atomic E-state index is 13.9. The second-order valence-electron chi connectivity index (χ2n) is 8.81. The third-order valence-corrected chi connectivity index (χ3v) is 6.57. The van der Waals surface area contributed by atoms with Gasteiger partial charge in [-0.05, 0) is 47.6 Å². The summed E-state index contributed by atoms with van der Waals surface area (Å²) < 4.78 is 23.2. The maximum Gasteiger partial charge on any atom is 0.270 e. The Bertz CT molecular complexity index is 1260. The van der Waals surface area contributed by atoms with Gasteiger partial charge in [-0.15, -0.1) is 0 Å². The second-order valence-corrected chi connectivity index (χ2v) is 9.58. The molecule has 3 rings (SSSR count). The van der Waals surface area contributed by atoms with Crippen LogP contribution in [0.1, 0.15) is 57.6 Å². The average Bonchev–Trinajstić information content (AvgIpc) is 3.25.